The van der Waals surface area contributed by atoms with E-state index < -0.39 is 16.7 Å². The number of carbonyl (C=O) groups is 3. The molecular weight excluding hydrogens is 380 g/mol. The molecule has 3 rings (SSSR count). The third-order valence-electron chi connectivity index (χ3n) is 4.34. The molecule has 29 heavy (non-hydrogen) atoms. The lowest BCUT2D eigenvalue weighted by Gasteiger charge is -2.20. The Hall–Kier alpha value is -3.95. The summed E-state index contributed by atoms with van der Waals surface area (Å²) in [6.07, 6.45) is 1.17. The van der Waals surface area contributed by atoms with Crippen molar-refractivity contribution in [1.82, 2.24) is 0 Å². The molecule has 1 saturated heterocycles. The number of non-ortho nitro benzene ring substituents is 1. The van der Waals surface area contributed by atoms with Crippen molar-refractivity contribution in [1.29, 1.82) is 0 Å². The molecule has 0 atom stereocenters. The maximum atomic E-state index is 12.2. The Morgan fingerprint density at radius 1 is 1.07 bits per heavy atom. The van der Waals surface area contributed by atoms with Crippen molar-refractivity contribution in [2.24, 2.45) is 0 Å². The van der Waals surface area contributed by atoms with E-state index in [4.69, 9.17) is 4.74 Å². The van der Waals surface area contributed by atoms with E-state index in [1.807, 2.05) is 0 Å². The summed E-state index contributed by atoms with van der Waals surface area (Å²) in [5.74, 6) is -1.42. The maximum Gasteiger partial charge on any atom is 0.314 e. The number of methoxy groups -OCH3 is 1. The first-order valence-electron chi connectivity index (χ1n) is 8.74. The smallest absolute Gasteiger partial charge is 0.314 e. The zero-order valence-electron chi connectivity index (χ0n) is 15.5. The molecule has 0 bridgehead atoms. The van der Waals surface area contributed by atoms with Gasteiger partial charge in [-0.2, -0.15) is 0 Å². The Kier molecular flexibility index (Phi) is 5.72. The van der Waals surface area contributed by atoms with Gasteiger partial charge in [0.1, 0.15) is 5.75 Å². The predicted octanol–water partition coefficient (Wildman–Crippen LogP) is 2.31. The molecule has 0 aromatic heterocycles. The monoisotopic (exact) mass is 398 g/mol. The Morgan fingerprint density at radius 3 is 2.24 bits per heavy atom. The van der Waals surface area contributed by atoms with Gasteiger partial charge in [0, 0.05) is 36.5 Å². The molecule has 0 saturated carbocycles. The molecule has 2 N–H and O–H groups in total. The fourth-order valence-corrected chi connectivity index (χ4v) is 2.92. The van der Waals surface area contributed by atoms with E-state index in [-0.39, 0.29) is 17.3 Å². The minimum atomic E-state index is -0.937. The van der Waals surface area contributed by atoms with E-state index >= 15 is 0 Å². The van der Waals surface area contributed by atoms with E-state index in [0.29, 0.717) is 30.1 Å². The molecule has 0 spiro atoms. The summed E-state index contributed by atoms with van der Waals surface area (Å²) in [4.78, 5) is 48.0. The summed E-state index contributed by atoms with van der Waals surface area (Å²) in [5, 5.41) is 15.5. The molecule has 0 unspecified atom stereocenters. The van der Waals surface area contributed by atoms with Gasteiger partial charge in [-0.05, 0) is 36.8 Å². The van der Waals surface area contributed by atoms with E-state index in [9.17, 15) is 24.5 Å². The Morgan fingerprint density at radius 2 is 1.69 bits per heavy atom. The van der Waals surface area contributed by atoms with E-state index in [1.165, 1.54) is 31.4 Å². The van der Waals surface area contributed by atoms with Gasteiger partial charge in [-0.3, -0.25) is 24.5 Å². The zero-order chi connectivity index (χ0) is 21.0. The van der Waals surface area contributed by atoms with E-state index in [1.54, 1.807) is 23.1 Å². The lowest BCUT2D eigenvalue weighted by molar-refractivity contribution is -0.384. The van der Waals surface area contributed by atoms with Crippen LogP contribution in [0.2, 0.25) is 0 Å². The Bertz CT molecular complexity index is 973. The number of nitrogens with zero attached hydrogens (tertiary/aromatic N) is 2. The second-order valence-electron chi connectivity index (χ2n) is 6.25. The van der Waals surface area contributed by atoms with Crippen LogP contribution < -0.4 is 20.3 Å². The van der Waals surface area contributed by atoms with Crippen LogP contribution in [0.25, 0.3) is 0 Å². The number of nitrogens with one attached hydrogen (secondary N) is 2. The van der Waals surface area contributed by atoms with Crippen LogP contribution in [0.3, 0.4) is 0 Å². The van der Waals surface area contributed by atoms with Crippen LogP contribution in [0.15, 0.2) is 42.5 Å². The zero-order valence-corrected chi connectivity index (χ0v) is 15.5. The average molecular weight is 398 g/mol. The number of nitro benzene ring substituents is 1. The van der Waals surface area contributed by atoms with Crippen molar-refractivity contribution >= 4 is 40.5 Å². The molecule has 2 aromatic rings. The molecule has 1 aliphatic heterocycles. The minimum Gasteiger partial charge on any atom is -0.495 e. The molecule has 150 valence electrons. The molecular formula is C19H18N4O6. The molecule has 10 nitrogen and oxygen atoms in total. The number of anilines is 3. The molecule has 3 amide bonds. The summed E-state index contributed by atoms with van der Waals surface area (Å²) >= 11 is 0. The quantitative estimate of drug-likeness (QED) is 0.451. The molecule has 0 aliphatic carbocycles. The molecule has 10 heteroatoms. The van der Waals surface area contributed by atoms with Gasteiger partial charge in [0.2, 0.25) is 5.91 Å². The summed E-state index contributed by atoms with van der Waals surface area (Å²) in [5.41, 5.74) is 0.955. The average Bonchev–Trinajstić information content (AvgIpc) is 3.14. The number of hydrogen-bond donors (Lipinski definition) is 2. The summed E-state index contributed by atoms with van der Waals surface area (Å²) in [6, 6.07) is 9.82. The largest absolute Gasteiger partial charge is 0.495 e. The molecule has 2 aromatic carbocycles. The van der Waals surface area contributed by atoms with Gasteiger partial charge >= 0.3 is 11.8 Å². The lowest BCUT2D eigenvalue weighted by atomic mass is 10.2. The second kappa shape index (κ2) is 8.38. The van der Waals surface area contributed by atoms with Crippen LogP contribution in [0.5, 0.6) is 5.75 Å². The van der Waals surface area contributed by atoms with Gasteiger partial charge < -0.3 is 20.3 Å². The van der Waals surface area contributed by atoms with Crippen molar-refractivity contribution in [3.8, 4) is 5.75 Å². The van der Waals surface area contributed by atoms with E-state index in [0.717, 1.165) is 6.42 Å². The SMILES string of the molecule is COc1ccc(NC(=O)C(=O)Nc2ccc([N+](=O)[O-])cc2)cc1N1CCCC1=O. The highest BCUT2D eigenvalue weighted by atomic mass is 16.6. The highest BCUT2D eigenvalue weighted by Gasteiger charge is 2.25. The Balaban J connectivity index is 1.70. The fraction of sp³-hybridized carbons (Fsp3) is 0.211. The van der Waals surface area contributed by atoms with Gasteiger partial charge in [0.05, 0.1) is 17.7 Å². The van der Waals surface area contributed by atoms with Crippen LogP contribution in [-0.2, 0) is 14.4 Å². The Labute approximate surface area is 165 Å². The highest BCUT2D eigenvalue weighted by Crippen LogP contribution is 2.34. The number of ether oxygens (including phenoxy) is 1. The molecule has 1 fully saturated rings. The number of amides is 3. The minimum absolute atomic E-state index is 0.0392. The molecule has 1 aliphatic rings. The number of nitro groups is 1. The third-order valence-corrected chi connectivity index (χ3v) is 4.34. The number of benzene rings is 2. The van der Waals surface area contributed by atoms with Crippen LogP contribution in [-0.4, -0.2) is 36.3 Å². The van der Waals surface area contributed by atoms with Crippen LogP contribution in [0.4, 0.5) is 22.7 Å². The van der Waals surface area contributed by atoms with Crippen molar-refractivity contribution < 1.29 is 24.0 Å². The highest BCUT2D eigenvalue weighted by molar-refractivity contribution is 6.43. The van der Waals surface area contributed by atoms with Crippen LogP contribution >= 0.6 is 0 Å². The fourth-order valence-electron chi connectivity index (χ4n) is 2.92. The molecule has 0 radical (unpaired) electrons. The summed E-state index contributed by atoms with van der Waals surface area (Å²) < 4.78 is 5.29. The number of carbonyl (C=O) groups excluding carboxylic acids is 3. The molecule has 1 heterocycles. The van der Waals surface area contributed by atoms with Crippen LogP contribution in [0.1, 0.15) is 12.8 Å². The second-order valence-corrected chi connectivity index (χ2v) is 6.25. The predicted molar refractivity (Wildman–Crippen MR) is 105 cm³/mol. The van der Waals surface area contributed by atoms with Gasteiger partial charge in [-0.1, -0.05) is 0 Å². The van der Waals surface area contributed by atoms with Gasteiger partial charge in [0.25, 0.3) is 5.69 Å². The first-order valence-corrected chi connectivity index (χ1v) is 8.74. The van der Waals surface area contributed by atoms with Gasteiger partial charge in [0.15, 0.2) is 0 Å². The number of rotatable bonds is 5. The maximum absolute atomic E-state index is 12.2. The van der Waals surface area contributed by atoms with Gasteiger partial charge in [-0.15, -0.1) is 0 Å². The first kappa shape index (κ1) is 19.8. The van der Waals surface area contributed by atoms with Crippen molar-refractivity contribution in [3.05, 3.63) is 52.6 Å². The lowest BCUT2D eigenvalue weighted by Crippen LogP contribution is -2.29. The van der Waals surface area contributed by atoms with E-state index in [2.05, 4.69) is 10.6 Å². The standard InChI is InChI=1S/C19H18N4O6/c1-29-16-9-6-13(11-15(16)22-10-2-3-17(22)24)21-19(26)18(25)20-12-4-7-14(8-5-12)23(27)28/h4-9,11H,2-3,10H2,1H3,(H,20,25)(H,21,26). The van der Waals surface area contributed by atoms with Crippen molar-refractivity contribution in [3.63, 3.8) is 0 Å². The topological polar surface area (TPSA) is 131 Å². The van der Waals surface area contributed by atoms with Crippen molar-refractivity contribution in [2.45, 2.75) is 12.8 Å². The first-order chi connectivity index (χ1) is 13.9. The van der Waals surface area contributed by atoms with Gasteiger partial charge in [-0.25, -0.2) is 0 Å². The summed E-state index contributed by atoms with van der Waals surface area (Å²) in [6.45, 7) is 0.549. The summed E-state index contributed by atoms with van der Waals surface area (Å²) in [7, 11) is 1.48. The van der Waals surface area contributed by atoms with Crippen LogP contribution in [0, 0.1) is 10.1 Å². The van der Waals surface area contributed by atoms with Crippen molar-refractivity contribution in [2.75, 3.05) is 29.2 Å². The third kappa shape index (κ3) is 4.49. The number of hydrogen-bond acceptors (Lipinski definition) is 6. The normalized spacial score (nSPS) is 13.1.